The molecule has 1 amide bonds. The van der Waals surface area contributed by atoms with Crippen molar-refractivity contribution in [1.82, 2.24) is 4.90 Å². The van der Waals surface area contributed by atoms with E-state index >= 15 is 0 Å². The van der Waals surface area contributed by atoms with Crippen LogP contribution in [0.3, 0.4) is 0 Å². The van der Waals surface area contributed by atoms with Gasteiger partial charge < -0.3 is 15.4 Å². The van der Waals surface area contributed by atoms with Crippen molar-refractivity contribution < 1.29 is 9.53 Å². The van der Waals surface area contributed by atoms with E-state index in [2.05, 4.69) is 11.9 Å². The SMILES string of the molecule is CC1=NC(N)=CCC1C1CCN(C(=O)OC(C)(C)C)CC1. The van der Waals surface area contributed by atoms with Crippen LogP contribution < -0.4 is 5.73 Å². The smallest absolute Gasteiger partial charge is 0.410 e. The van der Waals surface area contributed by atoms with Crippen molar-refractivity contribution in [3.05, 3.63) is 11.9 Å². The highest BCUT2D eigenvalue weighted by atomic mass is 16.6. The molecule has 5 nitrogen and oxygen atoms in total. The van der Waals surface area contributed by atoms with Crippen LogP contribution in [0.15, 0.2) is 16.9 Å². The largest absolute Gasteiger partial charge is 0.444 e. The van der Waals surface area contributed by atoms with Gasteiger partial charge in [0.25, 0.3) is 0 Å². The number of piperidine rings is 1. The third-order valence-corrected chi connectivity index (χ3v) is 4.18. The summed E-state index contributed by atoms with van der Waals surface area (Å²) in [4.78, 5) is 18.3. The molecule has 2 aliphatic rings. The van der Waals surface area contributed by atoms with Gasteiger partial charge in [-0.3, -0.25) is 0 Å². The minimum absolute atomic E-state index is 0.195. The first-order valence-corrected chi connectivity index (χ1v) is 7.75. The van der Waals surface area contributed by atoms with Crippen molar-refractivity contribution >= 4 is 11.8 Å². The van der Waals surface area contributed by atoms with Crippen molar-refractivity contribution in [2.45, 2.75) is 52.6 Å². The van der Waals surface area contributed by atoms with Gasteiger partial charge in [0.2, 0.25) is 0 Å². The number of amides is 1. The lowest BCUT2D eigenvalue weighted by Gasteiger charge is -2.37. The third kappa shape index (κ3) is 4.22. The van der Waals surface area contributed by atoms with Crippen molar-refractivity contribution in [3.63, 3.8) is 0 Å². The van der Waals surface area contributed by atoms with Crippen LogP contribution in [0.25, 0.3) is 0 Å². The van der Waals surface area contributed by atoms with Gasteiger partial charge in [-0.15, -0.1) is 0 Å². The first-order valence-electron chi connectivity index (χ1n) is 7.75. The Kier molecular flexibility index (Phi) is 4.59. The summed E-state index contributed by atoms with van der Waals surface area (Å²) in [7, 11) is 0. The molecule has 2 rings (SSSR count). The number of ether oxygens (including phenoxy) is 1. The van der Waals surface area contributed by atoms with Crippen LogP contribution in [-0.2, 0) is 4.74 Å². The second kappa shape index (κ2) is 6.08. The van der Waals surface area contributed by atoms with Gasteiger partial charge in [0.1, 0.15) is 11.4 Å². The highest BCUT2D eigenvalue weighted by Gasteiger charge is 2.32. The van der Waals surface area contributed by atoms with Gasteiger partial charge in [0, 0.05) is 24.7 Å². The molecule has 1 atom stereocenters. The van der Waals surface area contributed by atoms with E-state index in [9.17, 15) is 4.79 Å². The number of rotatable bonds is 1. The van der Waals surface area contributed by atoms with E-state index in [1.807, 2.05) is 31.7 Å². The summed E-state index contributed by atoms with van der Waals surface area (Å²) < 4.78 is 5.43. The lowest BCUT2D eigenvalue weighted by atomic mass is 9.79. The van der Waals surface area contributed by atoms with Crippen molar-refractivity contribution in [2.75, 3.05) is 13.1 Å². The molecule has 5 heteroatoms. The first kappa shape index (κ1) is 15.9. The summed E-state index contributed by atoms with van der Waals surface area (Å²) in [6.45, 7) is 9.29. The molecule has 0 aromatic carbocycles. The van der Waals surface area contributed by atoms with Crippen LogP contribution in [0.5, 0.6) is 0 Å². The van der Waals surface area contributed by atoms with Gasteiger partial charge in [0.15, 0.2) is 0 Å². The van der Waals surface area contributed by atoms with E-state index in [1.165, 1.54) is 0 Å². The Morgan fingerprint density at radius 2 is 2.00 bits per heavy atom. The van der Waals surface area contributed by atoms with E-state index in [-0.39, 0.29) is 6.09 Å². The predicted molar refractivity (Wildman–Crippen MR) is 84.0 cm³/mol. The highest BCUT2D eigenvalue weighted by molar-refractivity contribution is 5.86. The van der Waals surface area contributed by atoms with E-state index in [4.69, 9.17) is 10.5 Å². The first-order chi connectivity index (χ1) is 9.76. The Balaban J connectivity index is 1.87. The quantitative estimate of drug-likeness (QED) is 0.808. The second-order valence-corrected chi connectivity index (χ2v) is 7.03. The number of hydrogen-bond acceptors (Lipinski definition) is 4. The third-order valence-electron chi connectivity index (χ3n) is 4.18. The molecule has 2 aliphatic heterocycles. The molecule has 0 aliphatic carbocycles. The number of likely N-dealkylation sites (tertiary alicyclic amines) is 1. The van der Waals surface area contributed by atoms with Gasteiger partial charge >= 0.3 is 6.09 Å². The average molecular weight is 293 g/mol. The van der Waals surface area contributed by atoms with Crippen molar-refractivity contribution in [3.8, 4) is 0 Å². The van der Waals surface area contributed by atoms with Crippen LogP contribution in [0, 0.1) is 11.8 Å². The summed E-state index contributed by atoms with van der Waals surface area (Å²) >= 11 is 0. The minimum Gasteiger partial charge on any atom is -0.444 e. The number of nitrogens with zero attached hydrogens (tertiary/aromatic N) is 2. The maximum absolute atomic E-state index is 12.1. The van der Waals surface area contributed by atoms with Gasteiger partial charge in [-0.25, -0.2) is 9.79 Å². The summed E-state index contributed by atoms with van der Waals surface area (Å²) in [6, 6.07) is 0. The van der Waals surface area contributed by atoms with Crippen LogP contribution in [0.1, 0.15) is 47.0 Å². The Hall–Kier alpha value is -1.52. The highest BCUT2D eigenvalue weighted by Crippen LogP contribution is 2.31. The Morgan fingerprint density at radius 3 is 2.52 bits per heavy atom. The average Bonchev–Trinajstić information content (AvgIpc) is 2.37. The van der Waals surface area contributed by atoms with Crippen LogP contribution in [0.4, 0.5) is 4.79 Å². The zero-order valence-corrected chi connectivity index (χ0v) is 13.6. The molecule has 1 fully saturated rings. The lowest BCUT2D eigenvalue weighted by Crippen LogP contribution is -2.43. The fourth-order valence-corrected chi connectivity index (χ4v) is 3.09. The van der Waals surface area contributed by atoms with Crippen LogP contribution in [0.2, 0.25) is 0 Å². The van der Waals surface area contributed by atoms with Gasteiger partial charge in [-0.05, 0) is 59.0 Å². The summed E-state index contributed by atoms with van der Waals surface area (Å²) in [6.07, 6.45) is 4.80. The van der Waals surface area contributed by atoms with Crippen LogP contribution >= 0.6 is 0 Å². The molecule has 2 heterocycles. The second-order valence-electron chi connectivity index (χ2n) is 7.03. The molecular formula is C16H27N3O2. The van der Waals surface area contributed by atoms with Gasteiger partial charge in [0.05, 0.1) is 0 Å². The normalized spacial score (nSPS) is 24.4. The number of carbonyl (C=O) groups excluding carboxylic acids is 1. The number of hydrogen-bond donors (Lipinski definition) is 1. The molecule has 2 N–H and O–H groups in total. The maximum Gasteiger partial charge on any atom is 0.410 e. The predicted octanol–water partition coefficient (Wildman–Crippen LogP) is 2.91. The van der Waals surface area contributed by atoms with Gasteiger partial charge in [-0.1, -0.05) is 0 Å². The molecule has 1 saturated heterocycles. The van der Waals surface area contributed by atoms with E-state index in [1.54, 1.807) is 0 Å². The van der Waals surface area contributed by atoms with E-state index in [0.717, 1.165) is 38.1 Å². The molecule has 0 radical (unpaired) electrons. The molecule has 118 valence electrons. The fraction of sp³-hybridized carbons (Fsp3) is 0.750. The lowest BCUT2D eigenvalue weighted by molar-refractivity contribution is 0.0172. The Labute approximate surface area is 127 Å². The summed E-state index contributed by atoms with van der Waals surface area (Å²) in [5.74, 6) is 1.69. The van der Waals surface area contributed by atoms with Gasteiger partial charge in [-0.2, -0.15) is 0 Å². The minimum atomic E-state index is -0.428. The number of nitrogens with two attached hydrogens (primary N) is 1. The molecule has 0 aromatic heterocycles. The molecule has 21 heavy (non-hydrogen) atoms. The Morgan fingerprint density at radius 1 is 1.38 bits per heavy atom. The maximum atomic E-state index is 12.1. The van der Waals surface area contributed by atoms with Crippen molar-refractivity contribution in [2.24, 2.45) is 22.6 Å². The number of carbonyl (C=O) groups is 1. The van der Waals surface area contributed by atoms with Crippen molar-refractivity contribution in [1.29, 1.82) is 0 Å². The van der Waals surface area contributed by atoms with Crippen LogP contribution in [-0.4, -0.2) is 35.4 Å². The molecule has 0 spiro atoms. The zero-order valence-electron chi connectivity index (χ0n) is 13.6. The monoisotopic (exact) mass is 293 g/mol. The summed E-state index contributed by atoms with van der Waals surface area (Å²) in [5.41, 5.74) is 6.44. The number of allylic oxidation sites excluding steroid dienone is 1. The molecular weight excluding hydrogens is 266 g/mol. The Bertz CT molecular complexity index is 455. The zero-order chi connectivity index (χ0) is 15.6. The van der Waals surface area contributed by atoms with E-state index in [0.29, 0.717) is 17.7 Å². The molecule has 0 saturated carbocycles. The molecule has 0 aromatic rings. The summed E-state index contributed by atoms with van der Waals surface area (Å²) in [5, 5.41) is 0. The number of aliphatic imine (C=N–C) groups is 1. The standard InChI is InChI=1S/C16H27N3O2/c1-11-13(5-6-14(17)18-11)12-7-9-19(10-8-12)15(20)21-16(2,3)4/h6,12-13H,5,7-10,17H2,1-4H3. The molecule has 1 unspecified atom stereocenters. The van der Waals surface area contributed by atoms with E-state index < -0.39 is 5.60 Å². The molecule has 0 bridgehead atoms. The topological polar surface area (TPSA) is 67.9 Å². The fourth-order valence-electron chi connectivity index (χ4n) is 3.09.